The Kier molecular flexibility index (Phi) is 3.75. The minimum absolute atomic E-state index is 0.0423. The van der Waals surface area contributed by atoms with Gasteiger partial charge in [0.05, 0.1) is 0 Å². The van der Waals surface area contributed by atoms with E-state index in [-0.39, 0.29) is 33.3 Å². The van der Waals surface area contributed by atoms with E-state index >= 15 is 0 Å². The van der Waals surface area contributed by atoms with Crippen LogP contribution >= 0.6 is 19.8 Å². The fourth-order valence-corrected chi connectivity index (χ4v) is 5.32. The van der Waals surface area contributed by atoms with Gasteiger partial charge in [-0.3, -0.25) is 0 Å². The van der Waals surface area contributed by atoms with Crippen molar-refractivity contribution in [2.45, 2.75) is 42.6 Å². The fourth-order valence-electron chi connectivity index (χ4n) is 4.16. The van der Waals surface area contributed by atoms with Gasteiger partial charge in [0, 0.05) is 0 Å². The van der Waals surface area contributed by atoms with Crippen molar-refractivity contribution in [1.29, 1.82) is 0 Å². The van der Waals surface area contributed by atoms with Crippen molar-refractivity contribution < 1.29 is 19.1 Å². The van der Waals surface area contributed by atoms with E-state index < -0.39 is 19.8 Å². The molecule has 2 bridgehead atoms. The number of ether oxygens (including phenoxy) is 2. The number of carbonyl (C=O) groups excluding carboxylic acids is 2. The normalized spacial score (nSPS) is 40.9. The summed E-state index contributed by atoms with van der Waals surface area (Å²) in [5.41, 5.74) is -0.326. The summed E-state index contributed by atoms with van der Waals surface area (Å²) in [6.45, 7) is 2.53. The third-order valence-corrected chi connectivity index (χ3v) is 9.64. The molecule has 1 spiro atoms. The number of halogens is 1. The zero-order valence-electron chi connectivity index (χ0n) is 12.4. The molecule has 2 aliphatic carbocycles. The Labute approximate surface area is 127 Å². The van der Waals surface area contributed by atoms with Crippen molar-refractivity contribution in [2.75, 3.05) is 16.5 Å². The average Bonchev–Trinajstić information content (AvgIpc) is 3.04. The number of hydrogen-bond acceptors (Lipinski definition) is 4. The van der Waals surface area contributed by atoms with Gasteiger partial charge in [-0.15, -0.1) is 0 Å². The molecule has 4 nitrogen and oxygen atoms in total. The summed E-state index contributed by atoms with van der Waals surface area (Å²) in [6, 6.07) is 0. The van der Waals surface area contributed by atoms with Gasteiger partial charge in [-0.1, -0.05) is 0 Å². The minimum atomic E-state index is -1.18. The van der Waals surface area contributed by atoms with Crippen LogP contribution in [-0.4, -0.2) is 38.4 Å². The Morgan fingerprint density at radius 1 is 1.45 bits per heavy atom. The standard InChI is InChI=1S/C15H23IO4/c1-9(16(2)3)13(17)20-12-7-10-6-11(12)15(8-10)4-5-19-14(15)18/h9-12H,4-8H2,1-3H3. The molecule has 20 heavy (non-hydrogen) atoms. The van der Waals surface area contributed by atoms with Gasteiger partial charge in [-0.2, -0.15) is 0 Å². The van der Waals surface area contributed by atoms with Crippen LogP contribution in [0.15, 0.2) is 0 Å². The molecule has 0 radical (unpaired) electrons. The van der Waals surface area contributed by atoms with Gasteiger partial charge in [0.15, 0.2) is 0 Å². The summed E-state index contributed by atoms with van der Waals surface area (Å²) in [6.07, 6.45) is 3.68. The summed E-state index contributed by atoms with van der Waals surface area (Å²) in [5, 5.41) is 0. The number of fused-ring (bicyclic) bond motifs is 3. The van der Waals surface area contributed by atoms with Gasteiger partial charge in [0.25, 0.3) is 0 Å². The molecule has 1 heterocycles. The van der Waals surface area contributed by atoms with Crippen LogP contribution in [0, 0.1) is 17.3 Å². The second-order valence-electron chi connectivity index (χ2n) is 6.60. The molecule has 5 heteroatoms. The van der Waals surface area contributed by atoms with Crippen LogP contribution < -0.4 is 0 Å². The quantitative estimate of drug-likeness (QED) is 0.419. The van der Waals surface area contributed by atoms with E-state index in [4.69, 9.17) is 9.47 Å². The SMILES string of the molecule is CC(C(=O)OC1CC2CC1C1(CCOC1=O)C2)I(C)C. The fraction of sp³-hybridized carbons (Fsp3) is 0.867. The molecule has 3 fully saturated rings. The van der Waals surface area contributed by atoms with Gasteiger partial charge in [0.2, 0.25) is 0 Å². The topological polar surface area (TPSA) is 52.6 Å². The van der Waals surface area contributed by atoms with Crippen LogP contribution in [-0.2, 0) is 19.1 Å². The predicted molar refractivity (Wildman–Crippen MR) is 84.1 cm³/mol. The molecule has 0 aromatic rings. The van der Waals surface area contributed by atoms with E-state index in [0.29, 0.717) is 12.5 Å². The molecule has 0 amide bonds. The number of esters is 2. The Morgan fingerprint density at radius 3 is 2.75 bits per heavy atom. The summed E-state index contributed by atoms with van der Waals surface area (Å²) in [5.74, 6) is 0.656. The van der Waals surface area contributed by atoms with E-state index in [2.05, 4.69) is 9.86 Å². The van der Waals surface area contributed by atoms with Crippen molar-refractivity contribution in [2.24, 2.45) is 17.3 Å². The Morgan fingerprint density at radius 2 is 2.20 bits per heavy atom. The first-order valence-corrected chi connectivity index (χ1v) is 12.9. The summed E-state index contributed by atoms with van der Waals surface area (Å²) < 4.78 is 11.1. The van der Waals surface area contributed by atoms with Crippen LogP contribution in [0.1, 0.15) is 32.6 Å². The molecule has 114 valence electrons. The third kappa shape index (κ3) is 2.16. The van der Waals surface area contributed by atoms with Gasteiger partial charge in [0.1, 0.15) is 0 Å². The molecule has 5 unspecified atom stereocenters. The molecule has 0 N–H and O–H groups in total. The number of rotatable bonds is 3. The van der Waals surface area contributed by atoms with Crippen LogP contribution in [0.4, 0.5) is 0 Å². The molecule has 0 aromatic carbocycles. The van der Waals surface area contributed by atoms with Crippen molar-refractivity contribution >= 4 is 31.8 Å². The first-order valence-electron chi connectivity index (χ1n) is 7.30. The first-order chi connectivity index (χ1) is 9.44. The maximum atomic E-state index is 12.2. The predicted octanol–water partition coefficient (Wildman–Crippen LogP) is 2.42. The number of alkyl halides is 3. The summed E-state index contributed by atoms with van der Waals surface area (Å²) in [4.78, 5) is 28.7. The summed E-state index contributed by atoms with van der Waals surface area (Å²) >= 11 is -1.18. The van der Waals surface area contributed by atoms with E-state index in [9.17, 15) is 9.59 Å². The Bertz CT molecular complexity index is 436. The average molecular weight is 394 g/mol. The van der Waals surface area contributed by atoms with Crippen molar-refractivity contribution in [3.05, 3.63) is 0 Å². The van der Waals surface area contributed by atoms with Crippen LogP contribution in [0.5, 0.6) is 0 Å². The van der Waals surface area contributed by atoms with Gasteiger partial charge < -0.3 is 0 Å². The van der Waals surface area contributed by atoms with Gasteiger partial charge >= 0.3 is 127 Å². The molecule has 0 aromatic heterocycles. The first kappa shape index (κ1) is 14.6. The molecule has 3 aliphatic rings. The molecule has 2 saturated carbocycles. The molecular weight excluding hydrogens is 371 g/mol. The van der Waals surface area contributed by atoms with E-state index in [1.165, 1.54) is 0 Å². The zero-order valence-corrected chi connectivity index (χ0v) is 14.5. The Balaban J connectivity index is 1.71. The molecular formula is C15H23IO4. The molecule has 1 aliphatic heterocycles. The number of cyclic esters (lactones) is 1. The van der Waals surface area contributed by atoms with Crippen molar-refractivity contribution in [3.8, 4) is 0 Å². The van der Waals surface area contributed by atoms with Gasteiger partial charge in [-0.05, 0) is 0 Å². The second kappa shape index (κ2) is 5.14. The van der Waals surface area contributed by atoms with E-state index in [0.717, 1.165) is 25.7 Å². The van der Waals surface area contributed by atoms with E-state index in [1.54, 1.807) is 0 Å². The molecule has 3 rings (SSSR count). The van der Waals surface area contributed by atoms with Crippen LogP contribution in [0.3, 0.4) is 0 Å². The monoisotopic (exact) mass is 394 g/mol. The Hall–Kier alpha value is -0.330. The third-order valence-electron chi connectivity index (χ3n) is 5.40. The van der Waals surface area contributed by atoms with Crippen LogP contribution in [0.2, 0.25) is 0 Å². The summed E-state index contributed by atoms with van der Waals surface area (Å²) in [7, 11) is 0. The maximum absolute atomic E-state index is 12.2. The number of carbonyl (C=O) groups is 2. The second-order valence-corrected chi connectivity index (χ2v) is 13.1. The van der Waals surface area contributed by atoms with Crippen molar-refractivity contribution in [1.82, 2.24) is 0 Å². The van der Waals surface area contributed by atoms with E-state index in [1.807, 2.05) is 6.92 Å². The van der Waals surface area contributed by atoms with Crippen LogP contribution in [0.25, 0.3) is 0 Å². The number of hydrogen-bond donors (Lipinski definition) is 0. The van der Waals surface area contributed by atoms with Crippen molar-refractivity contribution in [3.63, 3.8) is 0 Å². The van der Waals surface area contributed by atoms with Gasteiger partial charge in [-0.25, -0.2) is 0 Å². The molecule has 1 saturated heterocycles. The molecule has 5 atom stereocenters. The zero-order chi connectivity index (χ0) is 14.5.